The zero-order valence-electron chi connectivity index (χ0n) is 17.6. The SMILES string of the molecule is CN=C(NCCC(C)c1ccc(OC)cc1)NC1CCN(C2CCCC2)C1.I. The molecule has 2 atom stereocenters. The summed E-state index contributed by atoms with van der Waals surface area (Å²) < 4.78 is 5.24. The van der Waals surface area contributed by atoms with E-state index in [0.717, 1.165) is 37.3 Å². The third kappa shape index (κ3) is 6.51. The van der Waals surface area contributed by atoms with E-state index >= 15 is 0 Å². The number of ether oxygens (including phenoxy) is 1. The second kappa shape index (κ2) is 11.9. The van der Waals surface area contributed by atoms with Gasteiger partial charge in [-0.2, -0.15) is 0 Å². The van der Waals surface area contributed by atoms with E-state index in [1.165, 1.54) is 44.2 Å². The van der Waals surface area contributed by atoms with E-state index in [0.29, 0.717) is 12.0 Å². The fraction of sp³-hybridized carbons (Fsp3) is 0.682. The molecule has 6 heteroatoms. The average Bonchev–Trinajstić information content (AvgIpc) is 3.39. The van der Waals surface area contributed by atoms with Gasteiger partial charge in [0.1, 0.15) is 5.75 Å². The van der Waals surface area contributed by atoms with Gasteiger partial charge >= 0.3 is 0 Å². The van der Waals surface area contributed by atoms with Gasteiger partial charge in [0.25, 0.3) is 0 Å². The minimum Gasteiger partial charge on any atom is -0.497 e. The van der Waals surface area contributed by atoms with E-state index in [1.807, 2.05) is 19.2 Å². The molecule has 0 spiro atoms. The minimum atomic E-state index is 0. The molecule has 1 aliphatic heterocycles. The van der Waals surface area contributed by atoms with Crippen molar-refractivity contribution in [1.82, 2.24) is 15.5 Å². The highest BCUT2D eigenvalue weighted by molar-refractivity contribution is 14.0. The number of guanidine groups is 1. The van der Waals surface area contributed by atoms with Gasteiger partial charge in [-0.3, -0.25) is 9.89 Å². The number of halogens is 1. The summed E-state index contributed by atoms with van der Waals surface area (Å²) in [5.41, 5.74) is 1.35. The Hall–Kier alpha value is -1.02. The number of benzene rings is 1. The maximum absolute atomic E-state index is 5.24. The fourth-order valence-electron chi connectivity index (χ4n) is 4.40. The first-order valence-electron chi connectivity index (χ1n) is 10.5. The maximum Gasteiger partial charge on any atom is 0.191 e. The summed E-state index contributed by atoms with van der Waals surface area (Å²) in [6.45, 7) is 5.59. The lowest BCUT2D eigenvalue weighted by molar-refractivity contribution is 0.242. The van der Waals surface area contributed by atoms with E-state index in [4.69, 9.17) is 4.74 Å². The molecule has 2 N–H and O–H groups in total. The van der Waals surface area contributed by atoms with Crippen molar-refractivity contribution in [3.8, 4) is 5.75 Å². The lowest BCUT2D eigenvalue weighted by Gasteiger charge is -2.24. The fourth-order valence-corrected chi connectivity index (χ4v) is 4.40. The molecule has 1 aromatic rings. The van der Waals surface area contributed by atoms with Crippen molar-refractivity contribution in [2.45, 2.75) is 63.5 Å². The van der Waals surface area contributed by atoms with Crippen LogP contribution >= 0.6 is 24.0 Å². The second-order valence-electron chi connectivity index (χ2n) is 8.03. The highest BCUT2D eigenvalue weighted by atomic mass is 127. The summed E-state index contributed by atoms with van der Waals surface area (Å²) >= 11 is 0. The van der Waals surface area contributed by atoms with Crippen LogP contribution in [0.25, 0.3) is 0 Å². The van der Waals surface area contributed by atoms with Crippen LogP contribution in [-0.4, -0.2) is 56.7 Å². The van der Waals surface area contributed by atoms with Crippen LogP contribution in [-0.2, 0) is 0 Å². The van der Waals surface area contributed by atoms with Gasteiger partial charge in [-0.15, -0.1) is 24.0 Å². The van der Waals surface area contributed by atoms with Gasteiger partial charge in [0.2, 0.25) is 0 Å². The van der Waals surface area contributed by atoms with Crippen LogP contribution in [0.1, 0.15) is 56.9 Å². The molecule has 2 unspecified atom stereocenters. The molecule has 1 heterocycles. The molecule has 1 saturated heterocycles. The van der Waals surface area contributed by atoms with Gasteiger partial charge in [-0.1, -0.05) is 31.9 Å². The molecule has 1 saturated carbocycles. The Balaban J connectivity index is 0.00000280. The molecule has 3 rings (SSSR count). The Morgan fingerprint density at radius 3 is 2.57 bits per heavy atom. The number of nitrogens with one attached hydrogen (secondary N) is 2. The van der Waals surface area contributed by atoms with Crippen LogP contribution in [0, 0.1) is 0 Å². The number of hydrogen-bond donors (Lipinski definition) is 2. The van der Waals surface area contributed by atoms with E-state index in [2.05, 4.69) is 39.6 Å². The molecule has 1 aliphatic carbocycles. The Kier molecular flexibility index (Phi) is 9.85. The summed E-state index contributed by atoms with van der Waals surface area (Å²) in [6.07, 6.45) is 7.90. The van der Waals surface area contributed by atoms with Crippen molar-refractivity contribution in [3.05, 3.63) is 29.8 Å². The predicted molar refractivity (Wildman–Crippen MR) is 128 cm³/mol. The first kappa shape index (κ1) is 23.3. The number of aliphatic imine (C=N–C) groups is 1. The van der Waals surface area contributed by atoms with Crippen molar-refractivity contribution in [3.63, 3.8) is 0 Å². The molecule has 5 nitrogen and oxygen atoms in total. The van der Waals surface area contributed by atoms with E-state index < -0.39 is 0 Å². The van der Waals surface area contributed by atoms with Crippen LogP contribution < -0.4 is 15.4 Å². The second-order valence-corrected chi connectivity index (χ2v) is 8.03. The monoisotopic (exact) mass is 500 g/mol. The number of nitrogens with zero attached hydrogens (tertiary/aromatic N) is 2. The van der Waals surface area contributed by atoms with Crippen molar-refractivity contribution in [2.75, 3.05) is 33.8 Å². The lowest BCUT2D eigenvalue weighted by atomic mass is 9.98. The third-order valence-corrected chi connectivity index (χ3v) is 6.18. The summed E-state index contributed by atoms with van der Waals surface area (Å²) in [5, 5.41) is 7.13. The number of hydrogen-bond acceptors (Lipinski definition) is 3. The van der Waals surface area contributed by atoms with Crippen molar-refractivity contribution >= 4 is 29.9 Å². The molecular formula is C22H37IN4O. The van der Waals surface area contributed by atoms with Gasteiger partial charge < -0.3 is 15.4 Å². The Morgan fingerprint density at radius 1 is 1.21 bits per heavy atom. The molecule has 1 aromatic carbocycles. The molecule has 0 aromatic heterocycles. The summed E-state index contributed by atoms with van der Waals surface area (Å²) in [5.74, 6) is 2.36. The molecular weight excluding hydrogens is 463 g/mol. The quantitative estimate of drug-likeness (QED) is 0.338. The van der Waals surface area contributed by atoms with Crippen LogP contribution in [0.3, 0.4) is 0 Å². The van der Waals surface area contributed by atoms with Gasteiger partial charge in [-0.25, -0.2) is 0 Å². The maximum atomic E-state index is 5.24. The first-order valence-corrected chi connectivity index (χ1v) is 10.5. The average molecular weight is 500 g/mol. The van der Waals surface area contributed by atoms with Crippen LogP contribution in [0.4, 0.5) is 0 Å². The van der Waals surface area contributed by atoms with E-state index in [1.54, 1.807) is 7.11 Å². The standard InChI is InChI=1S/C22H36N4O.HI/c1-17(18-8-10-21(27-3)11-9-18)12-14-24-22(23-2)25-19-13-15-26(16-19)20-6-4-5-7-20;/h8-11,17,19-20H,4-7,12-16H2,1-3H3,(H2,23,24,25);1H. The van der Waals surface area contributed by atoms with Gasteiger partial charge in [0.05, 0.1) is 7.11 Å². The van der Waals surface area contributed by atoms with Crippen LogP contribution in [0.2, 0.25) is 0 Å². The Morgan fingerprint density at radius 2 is 1.93 bits per heavy atom. The summed E-state index contributed by atoms with van der Waals surface area (Å²) in [6, 6.07) is 9.75. The van der Waals surface area contributed by atoms with E-state index in [9.17, 15) is 0 Å². The van der Waals surface area contributed by atoms with Crippen molar-refractivity contribution in [1.29, 1.82) is 0 Å². The molecule has 2 aliphatic rings. The van der Waals surface area contributed by atoms with Crippen LogP contribution in [0.5, 0.6) is 5.75 Å². The van der Waals surface area contributed by atoms with Gasteiger partial charge in [-0.05, 0) is 49.3 Å². The molecule has 2 fully saturated rings. The molecule has 28 heavy (non-hydrogen) atoms. The third-order valence-electron chi connectivity index (χ3n) is 6.18. The van der Waals surface area contributed by atoms with Crippen molar-refractivity contribution in [2.24, 2.45) is 4.99 Å². The van der Waals surface area contributed by atoms with E-state index in [-0.39, 0.29) is 24.0 Å². The zero-order chi connectivity index (χ0) is 19.1. The topological polar surface area (TPSA) is 48.9 Å². The summed E-state index contributed by atoms with van der Waals surface area (Å²) in [7, 11) is 3.57. The van der Waals surface area contributed by atoms with Crippen molar-refractivity contribution < 1.29 is 4.74 Å². The molecule has 158 valence electrons. The molecule has 0 radical (unpaired) electrons. The highest BCUT2D eigenvalue weighted by Gasteiger charge is 2.30. The highest BCUT2D eigenvalue weighted by Crippen LogP contribution is 2.26. The Labute approximate surface area is 187 Å². The Bertz CT molecular complexity index is 601. The smallest absolute Gasteiger partial charge is 0.191 e. The van der Waals surface area contributed by atoms with Gasteiger partial charge in [0, 0.05) is 38.8 Å². The largest absolute Gasteiger partial charge is 0.497 e. The lowest BCUT2D eigenvalue weighted by Crippen LogP contribution is -2.45. The normalized spacial score (nSPS) is 22.0. The first-order chi connectivity index (χ1) is 13.2. The predicted octanol–water partition coefficient (Wildman–Crippen LogP) is 3.99. The zero-order valence-corrected chi connectivity index (χ0v) is 19.9. The summed E-state index contributed by atoms with van der Waals surface area (Å²) in [4.78, 5) is 7.11. The van der Waals surface area contributed by atoms with Gasteiger partial charge in [0.15, 0.2) is 5.96 Å². The minimum absolute atomic E-state index is 0. The van der Waals surface area contributed by atoms with Crippen LogP contribution in [0.15, 0.2) is 29.3 Å². The number of likely N-dealkylation sites (tertiary alicyclic amines) is 1. The number of methoxy groups -OCH3 is 1. The molecule has 0 amide bonds. The number of rotatable bonds is 7. The molecule has 0 bridgehead atoms.